The summed E-state index contributed by atoms with van der Waals surface area (Å²) in [6.45, 7) is 6.45. The van der Waals surface area contributed by atoms with Crippen LogP contribution >= 0.6 is 0 Å². The van der Waals surface area contributed by atoms with Crippen LogP contribution in [0.5, 0.6) is 0 Å². The Kier molecular flexibility index (Phi) is 55.9. The summed E-state index contributed by atoms with van der Waals surface area (Å²) in [6.07, 6.45) is 78.3. The number of ether oxygens (including phenoxy) is 3. The van der Waals surface area contributed by atoms with E-state index in [1.54, 1.807) is 0 Å². The molecule has 6 nitrogen and oxygen atoms in total. The Bertz CT molecular complexity index is 1410. The van der Waals surface area contributed by atoms with Crippen LogP contribution in [0.25, 0.3) is 0 Å². The summed E-state index contributed by atoms with van der Waals surface area (Å²) >= 11 is 0. The normalized spacial score (nSPS) is 12.8. The van der Waals surface area contributed by atoms with Gasteiger partial charge in [-0.1, -0.05) is 259 Å². The third-order valence-corrected chi connectivity index (χ3v) is 12.6. The van der Waals surface area contributed by atoms with E-state index in [2.05, 4.69) is 118 Å². The first-order chi connectivity index (χ1) is 35.0. The molecule has 6 heteroatoms. The molecule has 0 rings (SSSR count). The zero-order chi connectivity index (χ0) is 51.4. The Morgan fingerprint density at radius 1 is 0.296 bits per heavy atom. The first-order valence-electron chi connectivity index (χ1n) is 29.7. The van der Waals surface area contributed by atoms with Gasteiger partial charge in [0.25, 0.3) is 0 Å². The molecule has 0 saturated heterocycles. The molecule has 71 heavy (non-hydrogen) atoms. The Hall–Kier alpha value is -3.67. The van der Waals surface area contributed by atoms with Gasteiger partial charge in [-0.3, -0.25) is 14.4 Å². The van der Waals surface area contributed by atoms with E-state index in [0.717, 1.165) is 103 Å². The van der Waals surface area contributed by atoms with Crippen LogP contribution in [0, 0.1) is 0 Å². The van der Waals surface area contributed by atoms with Crippen LogP contribution in [0.3, 0.4) is 0 Å². The number of hydrogen-bond donors (Lipinski definition) is 0. The van der Waals surface area contributed by atoms with Crippen molar-refractivity contribution in [2.75, 3.05) is 13.2 Å². The molecule has 0 spiro atoms. The fourth-order valence-electron chi connectivity index (χ4n) is 8.13. The molecule has 0 aromatic carbocycles. The van der Waals surface area contributed by atoms with E-state index in [0.29, 0.717) is 19.3 Å². The van der Waals surface area contributed by atoms with Crippen molar-refractivity contribution in [2.45, 2.75) is 284 Å². The van der Waals surface area contributed by atoms with Gasteiger partial charge in [-0.25, -0.2) is 0 Å². The van der Waals surface area contributed by atoms with Gasteiger partial charge in [0.15, 0.2) is 6.10 Å². The van der Waals surface area contributed by atoms with Gasteiger partial charge in [0, 0.05) is 19.3 Å². The molecule has 0 saturated carbocycles. The van der Waals surface area contributed by atoms with E-state index in [-0.39, 0.29) is 37.5 Å². The van der Waals surface area contributed by atoms with Crippen molar-refractivity contribution in [2.24, 2.45) is 0 Å². The molecule has 0 unspecified atom stereocenters. The molecule has 406 valence electrons. The van der Waals surface area contributed by atoms with Crippen molar-refractivity contribution in [1.29, 1.82) is 0 Å². The highest BCUT2D eigenvalue weighted by Gasteiger charge is 2.19. The zero-order valence-corrected chi connectivity index (χ0v) is 46.5. The SMILES string of the molecule is CC/C=C/C/C=C/C/C=C/C/C=C/C/C=C/CCCC(=O)O[C@H](COC(=O)CCCCCC/C=C/C/C=C/C/C=C/CCCCC)COC(=O)CCCCCCCCCCCCCCCCCCCCC. The highest BCUT2D eigenvalue weighted by Crippen LogP contribution is 2.16. The van der Waals surface area contributed by atoms with E-state index in [4.69, 9.17) is 14.2 Å². The molecule has 0 aliphatic carbocycles. The van der Waals surface area contributed by atoms with Crippen LogP contribution in [0.15, 0.2) is 97.2 Å². The predicted molar refractivity (Wildman–Crippen MR) is 307 cm³/mol. The maximum absolute atomic E-state index is 12.8. The number of allylic oxidation sites excluding steroid dienone is 16. The highest BCUT2D eigenvalue weighted by molar-refractivity contribution is 5.71. The quantitative estimate of drug-likeness (QED) is 0.0261. The largest absolute Gasteiger partial charge is 0.462 e. The monoisotopic (exact) mass is 987 g/mol. The summed E-state index contributed by atoms with van der Waals surface area (Å²) in [5.41, 5.74) is 0. The van der Waals surface area contributed by atoms with Gasteiger partial charge in [-0.2, -0.15) is 0 Å². The second-order valence-corrected chi connectivity index (χ2v) is 19.5. The number of esters is 3. The van der Waals surface area contributed by atoms with Gasteiger partial charge in [0.2, 0.25) is 0 Å². The van der Waals surface area contributed by atoms with Crippen molar-refractivity contribution in [1.82, 2.24) is 0 Å². The van der Waals surface area contributed by atoms with Crippen LogP contribution in [-0.4, -0.2) is 37.2 Å². The highest BCUT2D eigenvalue weighted by atomic mass is 16.6. The molecular weight excluding hydrogens is 877 g/mol. The van der Waals surface area contributed by atoms with E-state index in [9.17, 15) is 14.4 Å². The van der Waals surface area contributed by atoms with Crippen molar-refractivity contribution in [3.8, 4) is 0 Å². The van der Waals surface area contributed by atoms with Gasteiger partial charge < -0.3 is 14.2 Å². The van der Waals surface area contributed by atoms with Crippen molar-refractivity contribution >= 4 is 17.9 Å². The fourth-order valence-corrected chi connectivity index (χ4v) is 8.13. The summed E-state index contributed by atoms with van der Waals surface area (Å²) in [6, 6.07) is 0. The third-order valence-electron chi connectivity index (χ3n) is 12.6. The average molecular weight is 988 g/mol. The molecule has 0 aliphatic heterocycles. The van der Waals surface area contributed by atoms with Gasteiger partial charge in [-0.15, -0.1) is 0 Å². The van der Waals surface area contributed by atoms with E-state index < -0.39 is 6.10 Å². The van der Waals surface area contributed by atoms with Crippen LogP contribution in [0.1, 0.15) is 278 Å². The Balaban J connectivity index is 4.48. The molecule has 0 aliphatic rings. The zero-order valence-electron chi connectivity index (χ0n) is 46.5. The lowest BCUT2D eigenvalue weighted by Gasteiger charge is -2.18. The molecule has 0 bridgehead atoms. The van der Waals surface area contributed by atoms with E-state index in [1.807, 2.05) is 0 Å². The van der Waals surface area contributed by atoms with Crippen molar-refractivity contribution in [3.05, 3.63) is 97.2 Å². The fraction of sp³-hybridized carbons (Fsp3) is 0.708. The first kappa shape index (κ1) is 67.3. The van der Waals surface area contributed by atoms with Crippen molar-refractivity contribution < 1.29 is 28.6 Å². The number of carbonyl (C=O) groups is 3. The molecule has 1 atom stereocenters. The van der Waals surface area contributed by atoms with E-state index >= 15 is 0 Å². The number of carbonyl (C=O) groups excluding carboxylic acids is 3. The van der Waals surface area contributed by atoms with Gasteiger partial charge >= 0.3 is 17.9 Å². The predicted octanol–water partition coefficient (Wildman–Crippen LogP) is 20.1. The second-order valence-electron chi connectivity index (χ2n) is 19.5. The number of unbranched alkanes of at least 4 members (excludes halogenated alkanes) is 26. The summed E-state index contributed by atoms with van der Waals surface area (Å²) in [5.74, 6) is -0.981. The second kappa shape index (κ2) is 58.9. The van der Waals surface area contributed by atoms with Crippen LogP contribution in [0.4, 0.5) is 0 Å². The summed E-state index contributed by atoms with van der Waals surface area (Å²) < 4.78 is 16.8. The smallest absolute Gasteiger partial charge is 0.306 e. The lowest BCUT2D eigenvalue weighted by Crippen LogP contribution is -2.30. The van der Waals surface area contributed by atoms with E-state index in [1.165, 1.54) is 128 Å². The van der Waals surface area contributed by atoms with Crippen LogP contribution in [-0.2, 0) is 28.6 Å². The molecule has 0 aromatic rings. The summed E-state index contributed by atoms with van der Waals surface area (Å²) in [5, 5.41) is 0. The Labute approximate surface area is 438 Å². The molecule has 0 fully saturated rings. The minimum atomic E-state index is -0.817. The molecular formula is C65H110O6. The Morgan fingerprint density at radius 2 is 0.563 bits per heavy atom. The minimum Gasteiger partial charge on any atom is -0.462 e. The van der Waals surface area contributed by atoms with Crippen LogP contribution in [0.2, 0.25) is 0 Å². The van der Waals surface area contributed by atoms with Gasteiger partial charge in [0.1, 0.15) is 13.2 Å². The topological polar surface area (TPSA) is 78.9 Å². The maximum Gasteiger partial charge on any atom is 0.306 e. The molecule has 0 heterocycles. The minimum absolute atomic E-state index is 0.106. The molecule has 0 aromatic heterocycles. The average Bonchev–Trinajstić information content (AvgIpc) is 3.37. The maximum atomic E-state index is 12.8. The summed E-state index contributed by atoms with van der Waals surface area (Å²) in [7, 11) is 0. The molecule has 0 radical (unpaired) electrons. The first-order valence-corrected chi connectivity index (χ1v) is 29.7. The lowest BCUT2D eigenvalue weighted by molar-refractivity contribution is -0.167. The van der Waals surface area contributed by atoms with Crippen LogP contribution < -0.4 is 0 Å². The Morgan fingerprint density at radius 3 is 0.930 bits per heavy atom. The number of rotatable bonds is 53. The molecule has 0 N–H and O–H groups in total. The molecule has 0 amide bonds. The standard InChI is InChI=1S/C65H110O6/c1-4-7-10-13-16-19-22-25-28-31-32-35-37-40-43-46-49-52-55-58-64(67)70-61-62(71-65(68)59-56-53-50-47-44-41-38-34-30-27-24-21-18-15-12-9-6-3)60-69-63(66)57-54-51-48-45-42-39-36-33-29-26-23-20-17-14-11-8-5-2/h9,12,17-18,20-21,26-27,29-30,36,38-39,41,47,50,62H,4-8,10-11,13-16,19,22-25,28,31-35,37,40,42-46,48-49,51-61H2,1-3H3/b12-9+,20-17+,21-18+,29-26+,30-27+,39-36+,41-38+,50-47+/t62-/m1/s1. The van der Waals surface area contributed by atoms with Gasteiger partial charge in [0.05, 0.1) is 0 Å². The summed E-state index contributed by atoms with van der Waals surface area (Å²) in [4.78, 5) is 38.2. The lowest BCUT2D eigenvalue weighted by atomic mass is 10.0. The van der Waals surface area contributed by atoms with Crippen molar-refractivity contribution in [3.63, 3.8) is 0 Å². The third kappa shape index (κ3) is 57.1. The number of hydrogen-bond acceptors (Lipinski definition) is 6. The van der Waals surface area contributed by atoms with Gasteiger partial charge in [-0.05, 0) is 96.3 Å².